The minimum absolute atomic E-state index is 0.0775. The van der Waals surface area contributed by atoms with Gasteiger partial charge in [0, 0.05) is 18.1 Å². The molecule has 0 bridgehead atoms. The number of nitrogens with zero attached hydrogens (tertiary/aromatic N) is 2. The molecule has 0 atom stereocenters. The number of carboxylic acid groups (broad SMARTS) is 1. The number of esters is 1. The highest BCUT2D eigenvalue weighted by Gasteiger charge is 2.24. The largest absolute Gasteiger partial charge is 0.476 e. The van der Waals surface area contributed by atoms with E-state index in [1.807, 2.05) is 6.92 Å². The van der Waals surface area contributed by atoms with Crippen molar-refractivity contribution >= 4 is 34.2 Å². The van der Waals surface area contributed by atoms with Gasteiger partial charge < -0.3 is 15.2 Å². The molecule has 0 saturated heterocycles. The molecule has 2 rings (SSSR count). The van der Waals surface area contributed by atoms with E-state index in [4.69, 9.17) is 9.84 Å². The Hall–Kier alpha value is -2.68. The molecule has 2 N–H and O–H groups in total. The molecule has 0 aliphatic heterocycles. The van der Waals surface area contributed by atoms with Crippen molar-refractivity contribution in [3.8, 4) is 0 Å². The van der Waals surface area contributed by atoms with Crippen LogP contribution in [0.1, 0.15) is 49.9 Å². The van der Waals surface area contributed by atoms with E-state index in [-0.39, 0.29) is 23.4 Å². The van der Waals surface area contributed by atoms with Crippen molar-refractivity contribution in [2.24, 2.45) is 7.05 Å². The number of ether oxygens (including phenoxy) is 1. The molecule has 0 aromatic carbocycles. The molecule has 0 saturated carbocycles. The van der Waals surface area contributed by atoms with Crippen LogP contribution in [0.25, 0.3) is 0 Å². The third kappa shape index (κ3) is 3.62. The first-order valence-corrected chi connectivity index (χ1v) is 8.07. The topological polar surface area (TPSA) is 111 Å². The van der Waals surface area contributed by atoms with Gasteiger partial charge in [0.05, 0.1) is 17.7 Å². The fourth-order valence-corrected chi connectivity index (χ4v) is 3.03. The summed E-state index contributed by atoms with van der Waals surface area (Å²) >= 11 is 1.25. The summed E-state index contributed by atoms with van der Waals surface area (Å²) in [5, 5.41) is 15.8. The molecule has 24 heavy (non-hydrogen) atoms. The molecule has 1 amide bonds. The third-order valence-corrected chi connectivity index (χ3v) is 4.32. The number of thiophene rings is 1. The van der Waals surface area contributed by atoms with Crippen molar-refractivity contribution in [1.29, 1.82) is 0 Å². The molecule has 0 aliphatic rings. The minimum Gasteiger partial charge on any atom is -0.476 e. The number of carbonyl (C=O) groups excluding carboxylic acids is 2. The lowest BCUT2D eigenvalue weighted by atomic mass is 10.2. The summed E-state index contributed by atoms with van der Waals surface area (Å²) in [6, 6.07) is 1.67. The molecule has 9 heteroatoms. The standard InChI is InChI=1S/C15H17N3O5S/c1-4-8-6-9(15(22)23-5-2)13(24-8)16-12(19)10-7-18(3)17-11(10)14(20)21/h6-7H,4-5H2,1-3H3,(H,16,19)(H,20,21). The van der Waals surface area contributed by atoms with Crippen molar-refractivity contribution in [2.75, 3.05) is 11.9 Å². The summed E-state index contributed by atoms with van der Waals surface area (Å²) in [5.41, 5.74) is -0.168. The van der Waals surface area contributed by atoms with Crippen molar-refractivity contribution in [3.63, 3.8) is 0 Å². The second-order valence-corrected chi connectivity index (χ2v) is 5.99. The van der Waals surface area contributed by atoms with E-state index < -0.39 is 17.8 Å². The van der Waals surface area contributed by atoms with Crippen LogP contribution in [0, 0.1) is 0 Å². The van der Waals surface area contributed by atoms with Gasteiger partial charge in [-0.05, 0) is 19.4 Å². The van der Waals surface area contributed by atoms with E-state index in [1.54, 1.807) is 13.0 Å². The number of rotatable bonds is 6. The fraction of sp³-hybridized carbons (Fsp3) is 0.333. The lowest BCUT2D eigenvalue weighted by Gasteiger charge is -2.05. The average Bonchev–Trinajstić information content (AvgIpc) is 3.11. The average molecular weight is 351 g/mol. The third-order valence-electron chi connectivity index (χ3n) is 3.13. The Morgan fingerprint density at radius 3 is 2.62 bits per heavy atom. The van der Waals surface area contributed by atoms with Crippen molar-refractivity contribution in [2.45, 2.75) is 20.3 Å². The first kappa shape index (κ1) is 17.7. The summed E-state index contributed by atoms with van der Waals surface area (Å²) in [6.45, 7) is 3.84. The van der Waals surface area contributed by atoms with E-state index in [2.05, 4.69) is 10.4 Å². The number of aromatic nitrogens is 2. The van der Waals surface area contributed by atoms with Gasteiger partial charge in [0.2, 0.25) is 0 Å². The second-order valence-electron chi connectivity index (χ2n) is 4.85. The summed E-state index contributed by atoms with van der Waals surface area (Å²) in [5.74, 6) is -2.48. The number of hydrogen-bond acceptors (Lipinski definition) is 6. The molecule has 8 nitrogen and oxygen atoms in total. The highest BCUT2D eigenvalue weighted by Crippen LogP contribution is 2.30. The van der Waals surface area contributed by atoms with Crippen molar-refractivity contribution < 1.29 is 24.2 Å². The zero-order chi connectivity index (χ0) is 17.9. The number of aromatic carboxylic acids is 1. The highest BCUT2D eigenvalue weighted by molar-refractivity contribution is 7.16. The van der Waals surface area contributed by atoms with Crippen LogP contribution in [0.2, 0.25) is 0 Å². The van der Waals surface area contributed by atoms with Gasteiger partial charge in [-0.15, -0.1) is 11.3 Å². The van der Waals surface area contributed by atoms with Gasteiger partial charge in [0.1, 0.15) is 5.00 Å². The second kappa shape index (κ2) is 7.26. The fourth-order valence-electron chi connectivity index (χ4n) is 2.05. The smallest absolute Gasteiger partial charge is 0.357 e. The van der Waals surface area contributed by atoms with Crippen LogP contribution in [0.15, 0.2) is 12.3 Å². The maximum absolute atomic E-state index is 12.4. The van der Waals surface area contributed by atoms with Crippen LogP contribution in [0.3, 0.4) is 0 Å². The van der Waals surface area contributed by atoms with Gasteiger partial charge >= 0.3 is 11.9 Å². The van der Waals surface area contributed by atoms with Crippen LogP contribution in [-0.2, 0) is 18.2 Å². The summed E-state index contributed by atoms with van der Waals surface area (Å²) in [4.78, 5) is 36.5. The van der Waals surface area contributed by atoms with Gasteiger partial charge in [-0.25, -0.2) is 9.59 Å². The molecular weight excluding hydrogens is 334 g/mol. The molecule has 0 aliphatic carbocycles. The van der Waals surface area contributed by atoms with Crippen LogP contribution in [0.5, 0.6) is 0 Å². The number of nitrogens with one attached hydrogen (secondary N) is 1. The summed E-state index contributed by atoms with van der Waals surface area (Å²) in [6.07, 6.45) is 2.01. The molecule has 128 valence electrons. The van der Waals surface area contributed by atoms with Crippen LogP contribution in [0.4, 0.5) is 5.00 Å². The Balaban J connectivity index is 2.34. The van der Waals surface area contributed by atoms with Gasteiger partial charge in [-0.3, -0.25) is 9.48 Å². The molecule has 2 aromatic heterocycles. The molecule has 0 unspecified atom stereocenters. The van der Waals surface area contributed by atoms with Gasteiger partial charge in [-0.2, -0.15) is 5.10 Å². The van der Waals surface area contributed by atoms with E-state index in [0.29, 0.717) is 11.4 Å². The number of aryl methyl sites for hydroxylation is 2. The lowest BCUT2D eigenvalue weighted by molar-refractivity contribution is 0.0527. The summed E-state index contributed by atoms with van der Waals surface area (Å²) < 4.78 is 6.23. The lowest BCUT2D eigenvalue weighted by Crippen LogP contribution is -2.16. The van der Waals surface area contributed by atoms with Gasteiger partial charge in [0.25, 0.3) is 5.91 Å². The molecule has 0 spiro atoms. The molecule has 2 heterocycles. The quantitative estimate of drug-likeness (QED) is 0.772. The Bertz CT molecular complexity index is 793. The van der Waals surface area contributed by atoms with Crippen molar-refractivity contribution in [1.82, 2.24) is 9.78 Å². The molecule has 2 aromatic rings. The molecule has 0 fully saturated rings. The SMILES string of the molecule is CCOC(=O)c1cc(CC)sc1NC(=O)c1cn(C)nc1C(=O)O. The maximum Gasteiger partial charge on any atom is 0.357 e. The molecule has 0 radical (unpaired) electrons. The van der Waals surface area contributed by atoms with E-state index in [0.717, 1.165) is 4.88 Å². The van der Waals surface area contributed by atoms with E-state index in [9.17, 15) is 14.4 Å². The minimum atomic E-state index is -1.30. The Morgan fingerprint density at radius 2 is 2.04 bits per heavy atom. The Morgan fingerprint density at radius 1 is 1.33 bits per heavy atom. The van der Waals surface area contributed by atoms with Crippen molar-refractivity contribution in [3.05, 3.63) is 34.0 Å². The Kier molecular flexibility index (Phi) is 5.35. The summed E-state index contributed by atoms with van der Waals surface area (Å²) in [7, 11) is 1.52. The number of hydrogen-bond donors (Lipinski definition) is 2. The number of amides is 1. The van der Waals surface area contributed by atoms with E-state index >= 15 is 0 Å². The zero-order valence-electron chi connectivity index (χ0n) is 13.5. The number of carbonyl (C=O) groups is 3. The predicted molar refractivity (Wildman–Crippen MR) is 87.8 cm³/mol. The normalized spacial score (nSPS) is 10.5. The number of anilines is 1. The Labute approximate surface area is 142 Å². The van der Waals surface area contributed by atoms with Crippen LogP contribution >= 0.6 is 11.3 Å². The first-order chi connectivity index (χ1) is 11.4. The number of carboxylic acids is 1. The van der Waals surface area contributed by atoms with Crippen LogP contribution < -0.4 is 5.32 Å². The van der Waals surface area contributed by atoms with Crippen LogP contribution in [-0.4, -0.2) is 39.3 Å². The predicted octanol–water partition coefficient (Wildman–Crippen LogP) is 2.17. The highest BCUT2D eigenvalue weighted by atomic mass is 32.1. The van der Waals surface area contributed by atoms with Gasteiger partial charge in [0.15, 0.2) is 5.69 Å². The molecular formula is C15H17N3O5S. The first-order valence-electron chi connectivity index (χ1n) is 7.25. The van der Waals surface area contributed by atoms with Gasteiger partial charge in [-0.1, -0.05) is 6.92 Å². The van der Waals surface area contributed by atoms with E-state index in [1.165, 1.54) is 29.3 Å². The zero-order valence-corrected chi connectivity index (χ0v) is 14.3. The maximum atomic E-state index is 12.4. The monoisotopic (exact) mass is 351 g/mol.